The zero-order valence-corrected chi connectivity index (χ0v) is 8.45. The lowest BCUT2D eigenvalue weighted by Gasteiger charge is -2.29. The van der Waals surface area contributed by atoms with Gasteiger partial charge in [0.1, 0.15) is 5.60 Å². The largest absolute Gasteiger partial charge is 0.383 e. The standard InChI is InChI=1S/C7H13BrF2O/c1-5(2)4-6(3,11)7(8,9)10/h5,11H,4H2,1-3H3. The predicted molar refractivity (Wildman–Crippen MR) is 44.0 cm³/mol. The summed E-state index contributed by atoms with van der Waals surface area (Å²) in [6.07, 6.45) is 0.0747. The molecule has 1 unspecified atom stereocenters. The molecule has 0 aromatic rings. The van der Waals surface area contributed by atoms with Gasteiger partial charge in [0.15, 0.2) is 0 Å². The van der Waals surface area contributed by atoms with Gasteiger partial charge in [-0.2, -0.15) is 8.78 Å². The van der Waals surface area contributed by atoms with Crippen LogP contribution in [0.2, 0.25) is 0 Å². The number of rotatable bonds is 3. The second kappa shape index (κ2) is 3.35. The maximum Gasteiger partial charge on any atom is 0.329 e. The fourth-order valence-corrected chi connectivity index (χ4v) is 1.07. The molecule has 68 valence electrons. The molecule has 0 rings (SSSR count). The van der Waals surface area contributed by atoms with Crippen LogP contribution in [0.3, 0.4) is 0 Å². The Morgan fingerprint density at radius 2 is 1.82 bits per heavy atom. The van der Waals surface area contributed by atoms with E-state index in [1.807, 2.05) is 0 Å². The molecule has 0 radical (unpaired) electrons. The summed E-state index contributed by atoms with van der Waals surface area (Å²) in [7, 11) is 0. The molecule has 0 saturated carbocycles. The second-order valence-electron chi connectivity index (χ2n) is 3.37. The van der Waals surface area contributed by atoms with Crippen molar-refractivity contribution >= 4 is 15.9 Å². The Bertz CT molecular complexity index is 129. The van der Waals surface area contributed by atoms with Gasteiger partial charge in [0.2, 0.25) is 0 Å². The Hall–Kier alpha value is 0.300. The van der Waals surface area contributed by atoms with E-state index >= 15 is 0 Å². The van der Waals surface area contributed by atoms with Crippen LogP contribution in [0.15, 0.2) is 0 Å². The lowest BCUT2D eigenvalue weighted by molar-refractivity contribution is -0.113. The maximum atomic E-state index is 12.5. The van der Waals surface area contributed by atoms with Gasteiger partial charge in [-0.15, -0.1) is 0 Å². The van der Waals surface area contributed by atoms with Crippen molar-refractivity contribution in [2.75, 3.05) is 0 Å². The Morgan fingerprint density at radius 3 is 1.91 bits per heavy atom. The lowest BCUT2D eigenvalue weighted by Crippen LogP contribution is -2.41. The molecule has 0 saturated heterocycles. The van der Waals surface area contributed by atoms with E-state index in [1.54, 1.807) is 13.8 Å². The molecular weight excluding hydrogens is 218 g/mol. The molecule has 0 bridgehead atoms. The molecule has 1 atom stereocenters. The Balaban J connectivity index is 4.22. The summed E-state index contributed by atoms with van der Waals surface area (Å²) < 4.78 is 25.1. The van der Waals surface area contributed by atoms with Gasteiger partial charge in [-0.3, -0.25) is 0 Å². The van der Waals surface area contributed by atoms with Crippen molar-refractivity contribution in [1.29, 1.82) is 0 Å². The van der Waals surface area contributed by atoms with Crippen molar-refractivity contribution in [2.24, 2.45) is 5.92 Å². The van der Waals surface area contributed by atoms with Crippen molar-refractivity contribution < 1.29 is 13.9 Å². The number of aliphatic hydroxyl groups is 1. The summed E-state index contributed by atoms with van der Waals surface area (Å²) >= 11 is 2.15. The average molecular weight is 231 g/mol. The topological polar surface area (TPSA) is 20.2 Å². The number of hydrogen-bond donors (Lipinski definition) is 1. The Kier molecular flexibility index (Phi) is 3.44. The normalized spacial score (nSPS) is 18.5. The van der Waals surface area contributed by atoms with Crippen LogP contribution in [0.1, 0.15) is 27.2 Å². The van der Waals surface area contributed by atoms with E-state index in [0.29, 0.717) is 0 Å². The van der Waals surface area contributed by atoms with Gasteiger partial charge in [0.25, 0.3) is 0 Å². The maximum absolute atomic E-state index is 12.5. The Morgan fingerprint density at radius 1 is 1.45 bits per heavy atom. The van der Waals surface area contributed by atoms with Crippen LogP contribution in [-0.2, 0) is 0 Å². The molecule has 0 aliphatic carbocycles. The molecule has 1 N–H and O–H groups in total. The average Bonchev–Trinajstić information content (AvgIpc) is 1.56. The van der Waals surface area contributed by atoms with Crippen LogP contribution in [0.25, 0.3) is 0 Å². The van der Waals surface area contributed by atoms with Gasteiger partial charge in [-0.1, -0.05) is 13.8 Å². The third kappa shape index (κ3) is 3.47. The van der Waals surface area contributed by atoms with Gasteiger partial charge >= 0.3 is 4.83 Å². The molecule has 0 amide bonds. The molecular formula is C7H13BrF2O. The predicted octanol–water partition coefficient (Wildman–Crippen LogP) is 2.77. The lowest BCUT2D eigenvalue weighted by atomic mass is 9.95. The fourth-order valence-electron chi connectivity index (χ4n) is 0.911. The van der Waals surface area contributed by atoms with E-state index < -0.39 is 10.4 Å². The van der Waals surface area contributed by atoms with Crippen molar-refractivity contribution in [2.45, 2.75) is 37.6 Å². The molecule has 0 aromatic heterocycles. The molecule has 0 aromatic carbocycles. The summed E-state index contributed by atoms with van der Waals surface area (Å²) in [5.74, 6) is 0.0495. The van der Waals surface area contributed by atoms with E-state index in [9.17, 15) is 13.9 Å². The SMILES string of the molecule is CC(C)CC(C)(O)C(F)(F)Br. The minimum atomic E-state index is -3.20. The fraction of sp³-hybridized carbons (Fsp3) is 1.00. The summed E-state index contributed by atoms with van der Waals surface area (Å²) in [4.78, 5) is -3.20. The summed E-state index contributed by atoms with van der Waals surface area (Å²) in [6, 6.07) is 0. The summed E-state index contributed by atoms with van der Waals surface area (Å²) in [5, 5.41) is 9.22. The van der Waals surface area contributed by atoms with Crippen LogP contribution in [0.4, 0.5) is 8.78 Å². The van der Waals surface area contributed by atoms with Crippen LogP contribution in [-0.4, -0.2) is 15.5 Å². The van der Waals surface area contributed by atoms with Crippen LogP contribution in [0, 0.1) is 5.92 Å². The Labute approximate surface area is 73.9 Å². The molecule has 0 aliphatic rings. The van der Waals surface area contributed by atoms with E-state index in [1.165, 1.54) is 0 Å². The van der Waals surface area contributed by atoms with Crippen molar-refractivity contribution in [3.63, 3.8) is 0 Å². The molecule has 0 spiro atoms. The van der Waals surface area contributed by atoms with Crippen LogP contribution < -0.4 is 0 Å². The van der Waals surface area contributed by atoms with Crippen molar-refractivity contribution in [1.82, 2.24) is 0 Å². The first kappa shape index (κ1) is 11.3. The van der Waals surface area contributed by atoms with Crippen LogP contribution >= 0.6 is 15.9 Å². The van der Waals surface area contributed by atoms with E-state index in [0.717, 1.165) is 6.92 Å². The highest BCUT2D eigenvalue weighted by atomic mass is 79.9. The molecule has 0 fully saturated rings. The van der Waals surface area contributed by atoms with E-state index in [-0.39, 0.29) is 12.3 Å². The first-order valence-electron chi connectivity index (χ1n) is 3.46. The van der Waals surface area contributed by atoms with Gasteiger partial charge in [-0.25, -0.2) is 0 Å². The highest BCUT2D eigenvalue weighted by Gasteiger charge is 2.46. The highest BCUT2D eigenvalue weighted by molar-refractivity contribution is 9.10. The first-order valence-corrected chi connectivity index (χ1v) is 4.25. The zero-order valence-electron chi connectivity index (χ0n) is 6.87. The number of alkyl halides is 3. The molecule has 11 heavy (non-hydrogen) atoms. The highest BCUT2D eigenvalue weighted by Crippen LogP contribution is 2.38. The summed E-state index contributed by atoms with van der Waals surface area (Å²) in [5.41, 5.74) is -1.96. The quantitative estimate of drug-likeness (QED) is 0.740. The summed E-state index contributed by atoms with van der Waals surface area (Å²) in [6.45, 7) is 4.70. The van der Waals surface area contributed by atoms with Gasteiger partial charge in [-0.05, 0) is 35.2 Å². The third-order valence-corrected chi connectivity index (χ3v) is 2.27. The third-order valence-electron chi connectivity index (χ3n) is 1.42. The minimum Gasteiger partial charge on any atom is -0.383 e. The van der Waals surface area contributed by atoms with Crippen molar-refractivity contribution in [3.8, 4) is 0 Å². The first-order chi connectivity index (χ1) is 4.67. The van der Waals surface area contributed by atoms with Gasteiger partial charge < -0.3 is 5.11 Å². The molecule has 4 heteroatoms. The minimum absolute atomic E-state index is 0.0495. The molecule has 1 nitrogen and oxygen atoms in total. The van der Waals surface area contributed by atoms with E-state index in [4.69, 9.17) is 0 Å². The smallest absolute Gasteiger partial charge is 0.329 e. The van der Waals surface area contributed by atoms with E-state index in [2.05, 4.69) is 15.9 Å². The number of hydrogen-bond acceptors (Lipinski definition) is 1. The van der Waals surface area contributed by atoms with Crippen molar-refractivity contribution in [3.05, 3.63) is 0 Å². The zero-order chi connectivity index (χ0) is 9.28. The second-order valence-corrected chi connectivity index (χ2v) is 4.37. The molecule has 0 aliphatic heterocycles. The monoisotopic (exact) mass is 230 g/mol. The van der Waals surface area contributed by atoms with Crippen LogP contribution in [0.5, 0.6) is 0 Å². The van der Waals surface area contributed by atoms with Gasteiger partial charge in [0.05, 0.1) is 0 Å². The van der Waals surface area contributed by atoms with Gasteiger partial charge in [0, 0.05) is 0 Å². The number of halogens is 3. The molecule has 0 heterocycles.